The van der Waals surface area contributed by atoms with Gasteiger partial charge >= 0.3 is 0 Å². The van der Waals surface area contributed by atoms with Crippen molar-refractivity contribution in [1.29, 1.82) is 0 Å². The van der Waals surface area contributed by atoms with Crippen molar-refractivity contribution in [1.82, 2.24) is 9.38 Å². The maximum absolute atomic E-state index is 11.5. The number of imidazole rings is 1. The fraction of sp³-hybridized carbons (Fsp3) is 0. The number of primary amides is 1. The molecule has 0 aliphatic rings. The van der Waals surface area contributed by atoms with Gasteiger partial charge in [-0.05, 0) is 18.2 Å². The number of nitrogens with zero attached hydrogens (tertiary/aromatic N) is 2. The zero-order chi connectivity index (χ0) is 12.5. The van der Waals surface area contributed by atoms with Gasteiger partial charge < -0.3 is 5.73 Å². The molecule has 3 rings (SSSR count). The Labute approximate surface area is 104 Å². The molecular formula is C14H11N3O. The van der Waals surface area contributed by atoms with E-state index in [-0.39, 0.29) is 0 Å². The van der Waals surface area contributed by atoms with E-state index < -0.39 is 5.91 Å². The van der Waals surface area contributed by atoms with Crippen LogP contribution in [0, 0.1) is 0 Å². The van der Waals surface area contributed by atoms with Crippen molar-refractivity contribution in [2.45, 2.75) is 0 Å². The number of carbonyl (C=O) groups excluding carboxylic acids is 1. The Morgan fingerprint density at radius 2 is 1.94 bits per heavy atom. The Kier molecular flexibility index (Phi) is 2.34. The molecule has 2 N–H and O–H groups in total. The summed E-state index contributed by atoms with van der Waals surface area (Å²) < 4.78 is 1.93. The second-order valence-electron chi connectivity index (χ2n) is 3.98. The Bertz CT molecular complexity index is 730. The van der Waals surface area contributed by atoms with E-state index in [1.807, 2.05) is 40.9 Å². The first kappa shape index (κ1) is 10.5. The van der Waals surface area contributed by atoms with Crippen LogP contribution < -0.4 is 5.73 Å². The molecule has 0 spiro atoms. The van der Waals surface area contributed by atoms with Gasteiger partial charge in [-0.15, -0.1) is 0 Å². The van der Waals surface area contributed by atoms with Crippen molar-refractivity contribution < 1.29 is 4.79 Å². The number of fused-ring (bicyclic) bond motifs is 1. The van der Waals surface area contributed by atoms with E-state index in [0.717, 1.165) is 16.9 Å². The first-order valence-corrected chi connectivity index (χ1v) is 5.58. The predicted molar refractivity (Wildman–Crippen MR) is 69.1 cm³/mol. The van der Waals surface area contributed by atoms with Gasteiger partial charge in [-0.2, -0.15) is 0 Å². The summed E-state index contributed by atoms with van der Waals surface area (Å²) in [6.45, 7) is 0. The summed E-state index contributed by atoms with van der Waals surface area (Å²) in [5.74, 6) is -0.428. The maximum atomic E-state index is 11.5. The largest absolute Gasteiger partial charge is 0.366 e. The molecule has 0 radical (unpaired) electrons. The van der Waals surface area contributed by atoms with Crippen LogP contribution in [0.25, 0.3) is 16.9 Å². The van der Waals surface area contributed by atoms with Crippen molar-refractivity contribution >= 4 is 11.6 Å². The second-order valence-corrected chi connectivity index (χ2v) is 3.98. The molecule has 1 aromatic carbocycles. The van der Waals surface area contributed by atoms with E-state index in [4.69, 9.17) is 5.73 Å². The van der Waals surface area contributed by atoms with Gasteiger partial charge in [-0.25, -0.2) is 4.98 Å². The number of hydrogen-bond donors (Lipinski definition) is 1. The summed E-state index contributed by atoms with van der Waals surface area (Å²) in [6, 6.07) is 13.1. The molecule has 88 valence electrons. The molecule has 0 atom stereocenters. The lowest BCUT2D eigenvalue weighted by Crippen LogP contribution is -2.12. The molecule has 3 aromatic rings. The van der Waals surface area contributed by atoms with Gasteiger partial charge in [-0.1, -0.05) is 24.3 Å². The summed E-state index contributed by atoms with van der Waals surface area (Å²) in [7, 11) is 0. The molecule has 2 aromatic heterocycles. The summed E-state index contributed by atoms with van der Waals surface area (Å²) >= 11 is 0. The second kappa shape index (κ2) is 4.00. The fourth-order valence-corrected chi connectivity index (χ4v) is 2.09. The SMILES string of the molecule is NC(=O)c1ccccc1-c1cccc2nccn12. The summed E-state index contributed by atoms with van der Waals surface area (Å²) in [6.07, 6.45) is 3.59. The number of benzene rings is 1. The van der Waals surface area contributed by atoms with Crippen LogP contribution >= 0.6 is 0 Å². The Balaban J connectivity index is 2.33. The summed E-state index contributed by atoms with van der Waals surface area (Å²) in [5, 5.41) is 0. The molecule has 0 saturated heterocycles. The average molecular weight is 237 g/mol. The van der Waals surface area contributed by atoms with E-state index in [9.17, 15) is 4.79 Å². The highest BCUT2D eigenvalue weighted by Crippen LogP contribution is 2.24. The van der Waals surface area contributed by atoms with Gasteiger partial charge in [0.05, 0.1) is 5.69 Å². The molecule has 0 bridgehead atoms. The topological polar surface area (TPSA) is 60.4 Å². The van der Waals surface area contributed by atoms with Crippen molar-refractivity contribution in [2.75, 3.05) is 0 Å². The van der Waals surface area contributed by atoms with Crippen molar-refractivity contribution in [3.05, 3.63) is 60.4 Å². The van der Waals surface area contributed by atoms with Crippen LogP contribution in [-0.4, -0.2) is 15.3 Å². The summed E-state index contributed by atoms with van der Waals surface area (Å²) in [5.41, 5.74) is 8.48. The van der Waals surface area contributed by atoms with Crippen LogP contribution in [0.1, 0.15) is 10.4 Å². The molecule has 4 nitrogen and oxygen atoms in total. The zero-order valence-electron chi connectivity index (χ0n) is 9.58. The third-order valence-corrected chi connectivity index (χ3v) is 2.90. The molecule has 0 unspecified atom stereocenters. The molecule has 0 fully saturated rings. The number of aromatic nitrogens is 2. The van der Waals surface area contributed by atoms with E-state index in [1.54, 1.807) is 18.3 Å². The standard InChI is InChI=1S/C14H11N3O/c15-14(18)11-5-2-1-4-10(11)12-6-3-7-13-16-8-9-17(12)13/h1-9H,(H2,15,18). The molecule has 0 aliphatic heterocycles. The molecular weight excluding hydrogens is 226 g/mol. The number of amides is 1. The Morgan fingerprint density at radius 1 is 1.11 bits per heavy atom. The van der Waals surface area contributed by atoms with Crippen LogP contribution in [0.15, 0.2) is 54.9 Å². The quantitative estimate of drug-likeness (QED) is 0.742. The number of nitrogens with two attached hydrogens (primary N) is 1. The van der Waals surface area contributed by atoms with Crippen LogP contribution in [0.4, 0.5) is 0 Å². The minimum absolute atomic E-state index is 0.428. The highest BCUT2D eigenvalue weighted by Gasteiger charge is 2.11. The van der Waals surface area contributed by atoms with Crippen LogP contribution in [0.2, 0.25) is 0 Å². The minimum atomic E-state index is -0.428. The Hall–Kier alpha value is -2.62. The van der Waals surface area contributed by atoms with Crippen molar-refractivity contribution in [3.63, 3.8) is 0 Å². The maximum Gasteiger partial charge on any atom is 0.249 e. The Morgan fingerprint density at radius 3 is 2.78 bits per heavy atom. The summed E-state index contributed by atoms with van der Waals surface area (Å²) in [4.78, 5) is 15.7. The molecule has 0 saturated carbocycles. The number of carbonyl (C=O) groups is 1. The van der Waals surface area contributed by atoms with E-state index in [1.165, 1.54) is 0 Å². The first-order chi connectivity index (χ1) is 8.77. The lowest BCUT2D eigenvalue weighted by atomic mass is 10.0. The van der Waals surface area contributed by atoms with E-state index in [0.29, 0.717) is 5.56 Å². The van der Waals surface area contributed by atoms with Gasteiger partial charge in [0.2, 0.25) is 5.91 Å². The molecule has 4 heteroatoms. The number of pyridine rings is 1. The highest BCUT2D eigenvalue weighted by atomic mass is 16.1. The van der Waals surface area contributed by atoms with Gasteiger partial charge in [0.25, 0.3) is 0 Å². The molecule has 2 heterocycles. The minimum Gasteiger partial charge on any atom is -0.366 e. The smallest absolute Gasteiger partial charge is 0.249 e. The molecule has 1 amide bonds. The lowest BCUT2D eigenvalue weighted by molar-refractivity contribution is 0.100. The van der Waals surface area contributed by atoms with Crippen molar-refractivity contribution in [3.8, 4) is 11.3 Å². The van der Waals surface area contributed by atoms with E-state index >= 15 is 0 Å². The van der Waals surface area contributed by atoms with Crippen LogP contribution in [-0.2, 0) is 0 Å². The van der Waals surface area contributed by atoms with Gasteiger partial charge in [0.15, 0.2) is 0 Å². The third kappa shape index (κ3) is 1.55. The van der Waals surface area contributed by atoms with Gasteiger partial charge in [-0.3, -0.25) is 9.20 Å². The lowest BCUT2D eigenvalue weighted by Gasteiger charge is -2.09. The third-order valence-electron chi connectivity index (χ3n) is 2.90. The normalized spacial score (nSPS) is 10.7. The van der Waals surface area contributed by atoms with E-state index in [2.05, 4.69) is 4.98 Å². The monoisotopic (exact) mass is 237 g/mol. The molecule has 0 aliphatic carbocycles. The van der Waals surface area contributed by atoms with Gasteiger partial charge in [0, 0.05) is 23.5 Å². The van der Waals surface area contributed by atoms with Gasteiger partial charge in [0.1, 0.15) is 5.65 Å². The van der Waals surface area contributed by atoms with Crippen LogP contribution in [0.5, 0.6) is 0 Å². The number of hydrogen-bond acceptors (Lipinski definition) is 2. The van der Waals surface area contributed by atoms with Crippen molar-refractivity contribution in [2.24, 2.45) is 5.73 Å². The molecule has 18 heavy (non-hydrogen) atoms. The average Bonchev–Trinajstić information content (AvgIpc) is 2.86. The first-order valence-electron chi connectivity index (χ1n) is 5.58. The number of rotatable bonds is 2. The fourth-order valence-electron chi connectivity index (χ4n) is 2.09. The predicted octanol–water partition coefficient (Wildman–Crippen LogP) is 2.10. The van der Waals surface area contributed by atoms with Crippen LogP contribution in [0.3, 0.4) is 0 Å². The highest BCUT2D eigenvalue weighted by molar-refractivity contribution is 5.99. The zero-order valence-corrected chi connectivity index (χ0v) is 9.58.